The summed E-state index contributed by atoms with van der Waals surface area (Å²) in [6, 6.07) is 0.574. The number of nitrogens with zero attached hydrogens (tertiary/aromatic N) is 2. The summed E-state index contributed by atoms with van der Waals surface area (Å²) in [6.45, 7) is 3.69. The van der Waals surface area contributed by atoms with E-state index in [0.717, 1.165) is 25.2 Å². The maximum Gasteiger partial charge on any atom is 0.254 e. The Hall–Kier alpha value is -1.36. The Morgan fingerprint density at radius 2 is 2.53 bits per heavy atom. The van der Waals surface area contributed by atoms with Crippen LogP contribution in [0, 0.1) is 6.92 Å². The summed E-state index contributed by atoms with van der Waals surface area (Å²) in [6.07, 6.45) is 5.24. The Morgan fingerprint density at radius 3 is 3.12 bits per heavy atom. The molecule has 0 saturated carbocycles. The van der Waals surface area contributed by atoms with Crippen LogP contribution in [-0.2, 0) is 7.05 Å². The number of aryl methyl sites for hydroxylation is 2. The van der Waals surface area contributed by atoms with Crippen LogP contribution in [0.5, 0.6) is 0 Å². The molecule has 1 aliphatic rings. The molecule has 0 aromatic carbocycles. The van der Waals surface area contributed by atoms with Gasteiger partial charge in [0.2, 0.25) is 0 Å². The monoisotopic (exact) mass is 236 g/mol. The molecule has 0 spiro atoms. The molecule has 2 N–H and O–H groups in total. The first-order valence-electron chi connectivity index (χ1n) is 6.18. The van der Waals surface area contributed by atoms with Crippen LogP contribution >= 0.6 is 0 Å². The van der Waals surface area contributed by atoms with Crippen LogP contribution in [0.15, 0.2) is 6.20 Å². The Morgan fingerprint density at radius 1 is 1.71 bits per heavy atom. The van der Waals surface area contributed by atoms with Crippen molar-refractivity contribution in [1.29, 1.82) is 0 Å². The zero-order valence-electron chi connectivity index (χ0n) is 10.5. The molecule has 1 fully saturated rings. The van der Waals surface area contributed by atoms with Crippen molar-refractivity contribution in [2.45, 2.75) is 32.2 Å². The zero-order chi connectivity index (χ0) is 12.3. The fraction of sp³-hybridized carbons (Fsp3) is 0.667. The van der Waals surface area contributed by atoms with Crippen molar-refractivity contribution in [3.63, 3.8) is 0 Å². The standard InChI is InChI=1S/C12H20N4O/c1-9-11(8-16(2)15-9)12(17)14-7-5-10-4-3-6-13-10/h8,10,13H,3-7H2,1-2H3,(H,14,17)/t10-/m0/s1. The normalized spacial score (nSPS) is 19.5. The van der Waals surface area contributed by atoms with Crippen molar-refractivity contribution >= 4 is 5.91 Å². The van der Waals surface area contributed by atoms with Crippen molar-refractivity contribution in [2.24, 2.45) is 7.05 Å². The van der Waals surface area contributed by atoms with Crippen molar-refractivity contribution in [1.82, 2.24) is 20.4 Å². The molecule has 17 heavy (non-hydrogen) atoms. The third-order valence-electron chi connectivity index (χ3n) is 3.20. The summed E-state index contributed by atoms with van der Waals surface area (Å²) < 4.78 is 1.67. The Bertz CT molecular complexity index is 393. The van der Waals surface area contributed by atoms with Gasteiger partial charge in [-0.05, 0) is 32.7 Å². The van der Waals surface area contributed by atoms with Crippen LogP contribution in [-0.4, -0.2) is 34.8 Å². The molecule has 1 aromatic heterocycles. The Balaban J connectivity index is 1.78. The van der Waals surface area contributed by atoms with Gasteiger partial charge in [0.05, 0.1) is 11.3 Å². The second kappa shape index (κ2) is 5.31. The van der Waals surface area contributed by atoms with E-state index in [-0.39, 0.29) is 5.91 Å². The summed E-state index contributed by atoms with van der Waals surface area (Å²) in [7, 11) is 1.83. The molecule has 1 atom stereocenters. The predicted octanol–water partition coefficient (Wildman–Crippen LogP) is 0.600. The quantitative estimate of drug-likeness (QED) is 0.805. The second-order valence-corrected chi connectivity index (χ2v) is 4.64. The fourth-order valence-corrected chi connectivity index (χ4v) is 2.28. The third kappa shape index (κ3) is 3.06. The van der Waals surface area contributed by atoms with Crippen molar-refractivity contribution in [3.8, 4) is 0 Å². The van der Waals surface area contributed by atoms with Crippen LogP contribution in [0.1, 0.15) is 35.3 Å². The lowest BCUT2D eigenvalue weighted by Crippen LogP contribution is -2.30. The molecule has 94 valence electrons. The van der Waals surface area contributed by atoms with E-state index in [4.69, 9.17) is 0 Å². The average Bonchev–Trinajstić information content (AvgIpc) is 2.88. The van der Waals surface area contributed by atoms with E-state index in [1.165, 1.54) is 12.8 Å². The van der Waals surface area contributed by atoms with E-state index in [2.05, 4.69) is 15.7 Å². The highest BCUT2D eigenvalue weighted by Crippen LogP contribution is 2.08. The lowest BCUT2D eigenvalue weighted by atomic mass is 10.1. The van der Waals surface area contributed by atoms with Gasteiger partial charge in [-0.1, -0.05) is 0 Å². The smallest absolute Gasteiger partial charge is 0.254 e. The largest absolute Gasteiger partial charge is 0.352 e. The molecule has 0 unspecified atom stereocenters. The molecule has 2 rings (SSSR count). The molecule has 1 saturated heterocycles. The Labute approximate surface area is 102 Å². The number of carbonyl (C=O) groups is 1. The minimum absolute atomic E-state index is 0.0198. The van der Waals surface area contributed by atoms with Crippen LogP contribution in [0.3, 0.4) is 0 Å². The minimum Gasteiger partial charge on any atom is -0.352 e. The molecule has 1 aliphatic heterocycles. The zero-order valence-corrected chi connectivity index (χ0v) is 10.5. The van der Waals surface area contributed by atoms with Gasteiger partial charge in [-0.2, -0.15) is 5.10 Å². The van der Waals surface area contributed by atoms with Crippen molar-refractivity contribution in [3.05, 3.63) is 17.5 Å². The summed E-state index contributed by atoms with van der Waals surface area (Å²) in [5, 5.41) is 10.5. The van der Waals surface area contributed by atoms with E-state index in [1.54, 1.807) is 10.9 Å². The summed E-state index contributed by atoms with van der Waals surface area (Å²) >= 11 is 0. The van der Waals surface area contributed by atoms with E-state index >= 15 is 0 Å². The van der Waals surface area contributed by atoms with Gasteiger partial charge in [0.25, 0.3) is 5.91 Å². The van der Waals surface area contributed by atoms with Crippen LogP contribution < -0.4 is 10.6 Å². The number of nitrogens with one attached hydrogen (secondary N) is 2. The third-order valence-corrected chi connectivity index (χ3v) is 3.20. The van der Waals surface area contributed by atoms with Gasteiger partial charge < -0.3 is 10.6 Å². The van der Waals surface area contributed by atoms with E-state index in [1.807, 2.05) is 14.0 Å². The Kier molecular flexibility index (Phi) is 3.78. The van der Waals surface area contributed by atoms with Crippen molar-refractivity contribution in [2.75, 3.05) is 13.1 Å². The molecule has 0 radical (unpaired) electrons. The molecular weight excluding hydrogens is 216 g/mol. The number of amides is 1. The highest BCUT2D eigenvalue weighted by atomic mass is 16.1. The molecule has 1 amide bonds. The SMILES string of the molecule is Cc1nn(C)cc1C(=O)NCC[C@@H]1CCCN1. The highest BCUT2D eigenvalue weighted by Gasteiger charge is 2.15. The summed E-state index contributed by atoms with van der Waals surface area (Å²) in [5.74, 6) is -0.0198. The molecule has 1 aromatic rings. The first-order chi connectivity index (χ1) is 8.16. The number of hydrogen-bond acceptors (Lipinski definition) is 3. The lowest BCUT2D eigenvalue weighted by Gasteiger charge is -2.10. The van der Waals surface area contributed by atoms with Crippen LogP contribution in [0.2, 0.25) is 0 Å². The van der Waals surface area contributed by atoms with Gasteiger partial charge >= 0.3 is 0 Å². The minimum atomic E-state index is -0.0198. The molecule has 2 heterocycles. The number of hydrogen-bond donors (Lipinski definition) is 2. The summed E-state index contributed by atoms with van der Waals surface area (Å²) in [5.41, 5.74) is 1.45. The van der Waals surface area contributed by atoms with Crippen LogP contribution in [0.4, 0.5) is 0 Å². The number of aromatic nitrogens is 2. The molecule has 5 heteroatoms. The van der Waals surface area contributed by atoms with Crippen molar-refractivity contribution < 1.29 is 4.79 Å². The fourth-order valence-electron chi connectivity index (χ4n) is 2.28. The maximum atomic E-state index is 11.9. The predicted molar refractivity (Wildman–Crippen MR) is 65.9 cm³/mol. The van der Waals surface area contributed by atoms with Gasteiger partial charge in [0.15, 0.2) is 0 Å². The lowest BCUT2D eigenvalue weighted by molar-refractivity contribution is 0.0951. The first-order valence-corrected chi connectivity index (χ1v) is 6.18. The topological polar surface area (TPSA) is 59.0 Å². The number of carbonyl (C=O) groups excluding carboxylic acids is 1. The first kappa shape index (κ1) is 12.1. The highest BCUT2D eigenvalue weighted by molar-refractivity contribution is 5.94. The van der Waals surface area contributed by atoms with Gasteiger partial charge in [-0.25, -0.2) is 0 Å². The van der Waals surface area contributed by atoms with E-state index in [0.29, 0.717) is 11.6 Å². The van der Waals surface area contributed by atoms with Gasteiger partial charge in [0, 0.05) is 25.8 Å². The molecule has 0 aliphatic carbocycles. The number of rotatable bonds is 4. The molecule has 0 bridgehead atoms. The van der Waals surface area contributed by atoms with E-state index < -0.39 is 0 Å². The maximum absolute atomic E-state index is 11.9. The second-order valence-electron chi connectivity index (χ2n) is 4.64. The van der Waals surface area contributed by atoms with Crippen LogP contribution in [0.25, 0.3) is 0 Å². The van der Waals surface area contributed by atoms with E-state index in [9.17, 15) is 4.79 Å². The molecule has 5 nitrogen and oxygen atoms in total. The molecular formula is C12H20N4O. The van der Waals surface area contributed by atoms with Gasteiger partial charge in [-0.3, -0.25) is 9.48 Å². The van der Waals surface area contributed by atoms with Gasteiger partial charge in [-0.15, -0.1) is 0 Å². The summed E-state index contributed by atoms with van der Waals surface area (Å²) in [4.78, 5) is 11.9. The average molecular weight is 236 g/mol. The van der Waals surface area contributed by atoms with Gasteiger partial charge in [0.1, 0.15) is 0 Å².